The Balaban J connectivity index is 2.17. The molecular weight excluding hydrogens is 401 g/mol. The monoisotopic (exact) mass is 411 g/mol. The van der Waals surface area contributed by atoms with Gasteiger partial charge in [-0.05, 0) is 15.9 Å². The first-order valence-electron chi connectivity index (χ1n) is 6.95. The Morgan fingerprint density at radius 3 is 2.71 bits per heavy atom. The van der Waals surface area contributed by atoms with Crippen LogP contribution in [0.5, 0.6) is 5.75 Å². The minimum absolute atomic E-state index is 0.0754. The maximum atomic E-state index is 13.9. The number of nitrogens with one attached hydrogen (secondary N) is 1. The average molecular weight is 413 g/mol. The van der Waals surface area contributed by atoms with Crippen LogP contribution in [0.3, 0.4) is 0 Å². The molecule has 3 rings (SSSR count). The molecule has 0 radical (unpaired) electrons. The number of halogens is 3. The largest absolute Gasteiger partial charge is 0.475 e. The van der Waals surface area contributed by atoms with Crippen LogP contribution >= 0.6 is 27.5 Å². The molecule has 0 saturated heterocycles. The van der Waals surface area contributed by atoms with Gasteiger partial charge >= 0.3 is 6.09 Å². The highest BCUT2D eigenvalue weighted by Gasteiger charge is 2.46. The van der Waals surface area contributed by atoms with Gasteiger partial charge in [-0.25, -0.2) is 9.18 Å². The number of rotatable bonds is 3. The van der Waals surface area contributed by atoms with Crippen LogP contribution in [-0.2, 0) is 5.60 Å². The molecule has 1 atom stereocenters. The van der Waals surface area contributed by atoms with Gasteiger partial charge in [-0.15, -0.1) is 0 Å². The van der Waals surface area contributed by atoms with Gasteiger partial charge in [-0.2, -0.15) is 0 Å². The maximum absolute atomic E-state index is 13.9. The first-order chi connectivity index (χ1) is 11.4. The van der Waals surface area contributed by atoms with E-state index >= 15 is 0 Å². The number of hydrogen-bond donors (Lipinski definition) is 2. The number of carbonyl (C=O) groups is 1. The smallest absolute Gasteiger partial charge is 0.404 e. The zero-order valence-electron chi connectivity index (χ0n) is 12.3. The third kappa shape index (κ3) is 2.56. The Labute approximate surface area is 151 Å². The molecule has 0 aliphatic carbocycles. The molecule has 2 aromatic rings. The van der Waals surface area contributed by atoms with E-state index < -0.39 is 17.5 Å². The van der Waals surface area contributed by atoms with Crippen molar-refractivity contribution in [2.75, 3.05) is 6.54 Å². The van der Waals surface area contributed by atoms with Crippen molar-refractivity contribution in [3.8, 4) is 5.75 Å². The molecule has 0 saturated carbocycles. The van der Waals surface area contributed by atoms with Crippen LogP contribution in [0.2, 0.25) is 5.02 Å². The third-order valence-electron chi connectivity index (χ3n) is 3.93. The van der Waals surface area contributed by atoms with Crippen LogP contribution in [-0.4, -0.2) is 17.7 Å². The van der Waals surface area contributed by atoms with E-state index in [2.05, 4.69) is 27.8 Å². The molecule has 4 nitrogen and oxygen atoms in total. The van der Waals surface area contributed by atoms with Gasteiger partial charge < -0.3 is 15.2 Å². The molecule has 1 aliphatic rings. The summed E-state index contributed by atoms with van der Waals surface area (Å²) in [6.07, 6.45) is -1.19. The zero-order chi connectivity index (χ0) is 17.5. The molecule has 2 N–H and O–H groups in total. The summed E-state index contributed by atoms with van der Waals surface area (Å²) in [4.78, 5) is 11.0. The minimum Gasteiger partial charge on any atom is -0.475 e. The first kappa shape index (κ1) is 16.8. The molecule has 24 heavy (non-hydrogen) atoms. The molecule has 7 heteroatoms. The Morgan fingerprint density at radius 1 is 1.42 bits per heavy atom. The van der Waals surface area contributed by atoms with E-state index in [4.69, 9.17) is 21.4 Å². The van der Waals surface area contributed by atoms with Crippen molar-refractivity contribution in [2.24, 2.45) is 0 Å². The summed E-state index contributed by atoms with van der Waals surface area (Å²) in [5.41, 5.74) is 0.536. The topological polar surface area (TPSA) is 58.6 Å². The van der Waals surface area contributed by atoms with Gasteiger partial charge in [0.1, 0.15) is 11.6 Å². The summed E-state index contributed by atoms with van der Waals surface area (Å²) in [7, 11) is 0. The molecule has 2 aromatic carbocycles. The van der Waals surface area contributed by atoms with Crippen molar-refractivity contribution in [3.63, 3.8) is 0 Å². The first-order valence-corrected chi connectivity index (χ1v) is 8.12. The van der Waals surface area contributed by atoms with Crippen molar-refractivity contribution >= 4 is 39.2 Å². The molecule has 1 unspecified atom stereocenters. The van der Waals surface area contributed by atoms with E-state index in [1.165, 1.54) is 6.07 Å². The maximum Gasteiger partial charge on any atom is 0.404 e. The predicted octanol–water partition coefficient (Wildman–Crippen LogP) is 4.81. The lowest BCUT2D eigenvalue weighted by atomic mass is 9.85. The van der Waals surface area contributed by atoms with Gasteiger partial charge in [0, 0.05) is 22.8 Å². The highest BCUT2D eigenvalue weighted by atomic mass is 79.9. The number of benzene rings is 2. The van der Waals surface area contributed by atoms with E-state index in [0.29, 0.717) is 21.2 Å². The molecule has 0 bridgehead atoms. The number of ether oxygens (including phenoxy) is 1. The molecule has 1 amide bonds. The van der Waals surface area contributed by atoms with Crippen LogP contribution in [0.15, 0.2) is 47.4 Å². The van der Waals surface area contributed by atoms with Crippen molar-refractivity contribution in [1.29, 1.82) is 0 Å². The molecule has 0 spiro atoms. The summed E-state index contributed by atoms with van der Waals surface area (Å²) in [5.74, 6) is -0.380. The van der Waals surface area contributed by atoms with E-state index in [1.807, 2.05) is 6.07 Å². The van der Waals surface area contributed by atoms with Gasteiger partial charge in [0.05, 0.1) is 16.0 Å². The number of amides is 1. The van der Waals surface area contributed by atoms with E-state index in [1.54, 1.807) is 24.3 Å². The Hall–Kier alpha value is -2.05. The van der Waals surface area contributed by atoms with Gasteiger partial charge in [0.25, 0.3) is 0 Å². The average Bonchev–Trinajstić information content (AvgIpc) is 2.85. The lowest BCUT2D eigenvalue weighted by molar-refractivity contribution is 0.136. The van der Waals surface area contributed by atoms with Crippen molar-refractivity contribution in [2.45, 2.75) is 5.60 Å². The van der Waals surface area contributed by atoms with Crippen molar-refractivity contribution < 1.29 is 19.0 Å². The van der Waals surface area contributed by atoms with Gasteiger partial charge in [-0.3, -0.25) is 0 Å². The molecule has 0 aromatic heterocycles. The quantitative estimate of drug-likeness (QED) is 0.711. The second-order valence-electron chi connectivity index (χ2n) is 5.29. The lowest BCUT2D eigenvalue weighted by Gasteiger charge is -2.30. The van der Waals surface area contributed by atoms with Crippen LogP contribution in [0, 0.1) is 5.82 Å². The number of carboxylic acid groups (broad SMARTS) is 1. The lowest BCUT2D eigenvalue weighted by Crippen LogP contribution is -2.43. The molecule has 124 valence electrons. The predicted molar refractivity (Wildman–Crippen MR) is 92.9 cm³/mol. The Morgan fingerprint density at radius 2 is 2.08 bits per heavy atom. The van der Waals surface area contributed by atoms with Crippen molar-refractivity contribution in [3.05, 3.63) is 69.4 Å². The van der Waals surface area contributed by atoms with Crippen molar-refractivity contribution in [1.82, 2.24) is 5.32 Å². The fourth-order valence-corrected chi connectivity index (χ4v) is 3.54. The summed E-state index contributed by atoms with van der Waals surface area (Å²) in [5, 5.41) is 11.2. The fraction of sp³-hybridized carbons (Fsp3) is 0.118. The third-order valence-corrected chi connectivity index (χ3v) is 5.32. The summed E-state index contributed by atoms with van der Waals surface area (Å²) in [6, 6.07) is 10.2. The summed E-state index contributed by atoms with van der Waals surface area (Å²) in [6.45, 7) is 3.99. The number of hydrogen-bond acceptors (Lipinski definition) is 2. The molecule has 0 fully saturated rings. The minimum atomic E-state index is -1.19. The van der Waals surface area contributed by atoms with Crippen LogP contribution < -0.4 is 10.1 Å². The molecule has 1 aliphatic heterocycles. The SMILES string of the molecule is C=C1c2c(cc(F)c(Cl)c2Br)OC1(CNC(=O)O)c1ccccc1. The standard InChI is InChI=1S/C17H12BrClFNO3/c1-9-13-12(7-11(20)15(19)14(13)18)24-17(9,8-21-16(22)23)10-5-3-2-4-6-10/h2-7,21H,1,8H2,(H,22,23). The molecular formula is C17H12BrClFNO3. The highest BCUT2D eigenvalue weighted by Crippen LogP contribution is 2.53. The van der Waals surface area contributed by atoms with Gasteiger partial charge in [0.15, 0.2) is 5.60 Å². The summed E-state index contributed by atoms with van der Waals surface area (Å²) >= 11 is 9.24. The molecule has 1 heterocycles. The zero-order valence-corrected chi connectivity index (χ0v) is 14.6. The van der Waals surface area contributed by atoms with Crippen LogP contribution in [0.1, 0.15) is 11.1 Å². The van der Waals surface area contributed by atoms with E-state index in [9.17, 15) is 9.18 Å². The Kier molecular flexibility index (Phi) is 4.27. The second kappa shape index (κ2) is 6.11. The Bertz CT molecular complexity index is 843. The van der Waals surface area contributed by atoms with E-state index in [0.717, 1.165) is 0 Å². The van der Waals surface area contributed by atoms with Crippen LogP contribution in [0.25, 0.3) is 5.57 Å². The van der Waals surface area contributed by atoms with E-state index in [-0.39, 0.29) is 17.3 Å². The van der Waals surface area contributed by atoms with Crippen LogP contribution in [0.4, 0.5) is 9.18 Å². The fourth-order valence-electron chi connectivity index (χ4n) is 2.77. The number of fused-ring (bicyclic) bond motifs is 1. The summed E-state index contributed by atoms with van der Waals surface area (Å²) < 4.78 is 20.3. The normalized spacial score (nSPS) is 18.9. The van der Waals surface area contributed by atoms with Gasteiger partial charge in [-0.1, -0.05) is 48.5 Å². The highest BCUT2D eigenvalue weighted by molar-refractivity contribution is 9.10. The van der Waals surface area contributed by atoms with Gasteiger partial charge in [0.2, 0.25) is 0 Å². The second-order valence-corrected chi connectivity index (χ2v) is 6.46.